The minimum atomic E-state index is -0.778. The number of carbonyl (C=O) groups is 2. The lowest BCUT2D eigenvalue weighted by molar-refractivity contribution is -0.131. The summed E-state index contributed by atoms with van der Waals surface area (Å²) < 4.78 is 18.6. The Morgan fingerprint density at radius 2 is 2.32 bits per heavy atom. The standard InChI is InChI=1S/C14H12FN3O3S/c15-8-1-2-9-10(5-8)21-11(16-9)6-18-12(19)14(17-13(18)20)3-4-22-7-14/h1-2,5H,3-4,6-7H2,(H,17,20). The largest absolute Gasteiger partial charge is 0.439 e. The number of hydrogen-bond acceptors (Lipinski definition) is 5. The molecule has 0 saturated carbocycles. The van der Waals surface area contributed by atoms with Gasteiger partial charge in [-0.25, -0.2) is 14.2 Å². The first-order valence-corrected chi connectivity index (χ1v) is 8.00. The molecule has 1 aromatic heterocycles. The molecule has 1 spiro atoms. The van der Waals surface area contributed by atoms with Crippen molar-refractivity contribution >= 4 is 34.8 Å². The van der Waals surface area contributed by atoms with Crippen LogP contribution in [0.4, 0.5) is 9.18 Å². The highest BCUT2D eigenvalue weighted by Gasteiger charge is 2.53. The molecule has 1 unspecified atom stereocenters. The van der Waals surface area contributed by atoms with E-state index in [2.05, 4.69) is 10.3 Å². The van der Waals surface area contributed by atoms with E-state index in [-0.39, 0.29) is 18.3 Å². The molecule has 3 amide bonds. The van der Waals surface area contributed by atoms with E-state index in [1.807, 2.05) is 0 Å². The van der Waals surface area contributed by atoms with Gasteiger partial charge in [-0.05, 0) is 24.3 Å². The Labute approximate surface area is 129 Å². The number of fused-ring (bicyclic) bond motifs is 1. The van der Waals surface area contributed by atoms with Crippen LogP contribution >= 0.6 is 11.8 Å². The van der Waals surface area contributed by atoms with Crippen LogP contribution in [0.2, 0.25) is 0 Å². The van der Waals surface area contributed by atoms with E-state index in [0.29, 0.717) is 23.3 Å². The number of nitrogens with one attached hydrogen (secondary N) is 1. The molecule has 0 radical (unpaired) electrons. The van der Waals surface area contributed by atoms with Crippen molar-refractivity contribution in [2.45, 2.75) is 18.5 Å². The topological polar surface area (TPSA) is 75.4 Å². The first-order chi connectivity index (χ1) is 10.6. The van der Waals surface area contributed by atoms with Crippen molar-refractivity contribution in [3.05, 3.63) is 29.9 Å². The Hall–Kier alpha value is -2.09. The molecule has 6 nitrogen and oxygen atoms in total. The fourth-order valence-electron chi connectivity index (χ4n) is 2.80. The number of thioether (sulfide) groups is 1. The summed E-state index contributed by atoms with van der Waals surface area (Å²) in [6, 6.07) is 3.58. The number of hydrogen-bond donors (Lipinski definition) is 1. The lowest BCUT2D eigenvalue weighted by Gasteiger charge is -2.18. The van der Waals surface area contributed by atoms with Crippen LogP contribution < -0.4 is 5.32 Å². The van der Waals surface area contributed by atoms with Gasteiger partial charge >= 0.3 is 6.03 Å². The number of urea groups is 1. The number of oxazole rings is 1. The van der Waals surface area contributed by atoms with Crippen LogP contribution in [-0.2, 0) is 11.3 Å². The van der Waals surface area contributed by atoms with Gasteiger partial charge in [0.1, 0.15) is 23.4 Å². The van der Waals surface area contributed by atoms with Crippen LogP contribution in [0.3, 0.4) is 0 Å². The predicted molar refractivity (Wildman–Crippen MR) is 77.7 cm³/mol. The number of halogens is 1. The second-order valence-electron chi connectivity index (χ2n) is 5.43. The molecule has 1 N–H and O–H groups in total. The van der Waals surface area contributed by atoms with Crippen LogP contribution in [0.15, 0.2) is 22.6 Å². The zero-order chi connectivity index (χ0) is 15.3. The zero-order valence-corrected chi connectivity index (χ0v) is 12.3. The summed E-state index contributed by atoms with van der Waals surface area (Å²) in [5, 5.41) is 2.78. The third-order valence-electron chi connectivity index (χ3n) is 3.96. The highest BCUT2D eigenvalue weighted by Crippen LogP contribution is 2.34. The molecule has 22 heavy (non-hydrogen) atoms. The second kappa shape index (κ2) is 4.70. The molecule has 2 aliphatic heterocycles. The summed E-state index contributed by atoms with van der Waals surface area (Å²) in [6.07, 6.45) is 0.636. The van der Waals surface area contributed by atoms with E-state index in [1.165, 1.54) is 18.2 Å². The number of amides is 3. The lowest BCUT2D eigenvalue weighted by atomic mass is 9.99. The average molecular weight is 321 g/mol. The summed E-state index contributed by atoms with van der Waals surface area (Å²) in [6.45, 7) is -0.0482. The number of rotatable bonds is 2. The molecule has 114 valence electrons. The highest BCUT2D eigenvalue weighted by atomic mass is 32.2. The molecule has 1 aromatic carbocycles. The van der Waals surface area contributed by atoms with Crippen LogP contribution in [0.25, 0.3) is 11.1 Å². The minimum Gasteiger partial charge on any atom is -0.439 e. The summed E-state index contributed by atoms with van der Waals surface area (Å²) in [5.74, 6) is 0.990. The van der Waals surface area contributed by atoms with Gasteiger partial charge in [0.25, 0.3) is 5.91 Å². The van der Waals surface area contributed by atoms with Crippen molar-refractivity contribution in [1.82, 2.24) is 15.2 Å². The maximum absolute atomic E-state index is 13.2. The zero-order valence-electron chi connectivity index (χ0n) is 11.5. The lowest BCUT2D eigenvalue weighted by Crippen LogP contribution is -2.46. The molecule has 0 bridgehead atoms. The fourth-order valence-corrected chi connectivity index (χ4v) is 4.13. The Bertz CT molecular complexity index is 785. The molecular weight excluding hydrogens is 309 g/mol. The van der Waals surface area contributed by atoms with Gasteiger partial charge in [0, 0.05) is 11.8 Å². The predicted octanol–water partition coefficient (Wildman–Crippen LogP) is 1.89. The normalized spacial score (nSPS) is 24.7. The molecule has 2 aromatic rings. The van der Waals surface area contributed by atoms with E-state index in [1.54, 1.807) is 11.8 Å². The molecule has 1 atom stereocenters. The Kier molecular flexibility index (Phi) is 2.90. The molecule has 2 fully saturated rings. The first-order valence-electron chi connectivity index (χ1n) is 6.84. The van der Waals surface area contributed by atoms with E-state index in [0.717, 1.165) is 10.7 Å². The van der Waals surface area contributed by atoms with Crippen LogP contribution in [0, 0.1) is 5.82 Å². The number of benzene rings is 1. The molecule has 8 heteroatoms. The molecule has 4 rings (SSSR count). The van der Waals surface area contributed by atoms with E-state index in [9.17, 15) is 14.0 Å². The van der Waals surface area contributed by atoms with Crippen molar-refractivity contribution < 1.29 is 18.4 Å². The van der Waals surface area contributed by atoms with Crippen molar-refractivity contribution in [1.29, 1.82) is 0 Å². The van der Waals surface area contributed by atoms with Crippen LogP contribution in [-0.4, -0.2) is 38.9 Å². The summed E-state index contributed by atoms with van der Waals surface area (Å²) in [7, 11) is 0. The highest BCUT2D eigenvalue weighted by molar-refractivity contribution is 7.99. The van der Waals surface area contributed by atoms with Crippen molar-refractivity contribution in [3.63, 3.8) is 0 Å². The molecule has 3 heterocycles. The Morgan fingerprint density at radius 3 is 3.09 bits per heavy atom. The Balaban J connectivity index is 1.61. The minimum absolute atomic E-state index is 0.0482. The molecule has 0 aliphatic carbocycles. The third kappa shape index (κ3) is 1.98. The number of aromatic nitrogens is 1. The number of carbonyl (C=O) groups excluding carboxylic acids is 2. The van der Waals surface area contributed by atoms with Gasteiger partial charge in [-0.1, -0.05) is 0 Å². The van der Waals surface area contributed by atoms with Crippen LogP contribution in [0.5, 0.6) is 0 Å². The smallest absolute Gasteiger partial charge is 0.325 e. The van der Waals surface area contributed by atoms with Crippen molar-refractivity contribution in [3.8, 4) is 0 Å². The maximum atomic E-state index is 13.2. The maximum Gasteiger partial charge on any atom is 0.325 e. The first kappa shape index (κ1) is 13.6. The third-order valence-corrected chi connectivity index (χ3v) is 5.15. The number of nitrogens with zero attached hydrogens (tertiary/aromatic N) is 2. The summed E-state index contributed by atoms with van der Waals surface area (Å²) in [4.78, 5) is 29.9. The summed E-state index contributed by atoms with van der Waals surface area (Å²) >= 11 is 1.65. The molecular formula is C14H12FN3O3S. The second-order valence-corrected chi connectivity index (χ2v) is 6.53. The molecule has 2 aliphatic rings. The molecule has 2 saturated heterocycles. The van der Waals surface area contributed by atoms with Crippen molar-refractivity contribution in [2.75, 3.05) is 11.5 Å². The SMILES string of the molecule is O=C1NC2(CCSC2)C(=O)N1Cc1nc2ccc(F)cc2o1. The monoisotopic (exact) mass is 321 g/mol. The van der Waals surface area contributed by atoms with Crippen molar-refractivity contribution in [2.24, 2.45) is 0 Å². The van der Waals surface area contributed by atoms with Gasteiger partial charge in [0.2, 0.25) is 5.89 Å². The number of imide groups is 1. The fraction of sp³-hybridized carbons (Fsp3) is 0.357. The quantitative estimate of drug-likeness (QED) is 0.855. The van der Waals surface area contributed by atoms with Gasteiger partial charge < -0.3 is 9.73 Å². The van der Waals surface area contributed by atoms with E-state index >= 15 is 0 Å². The van der Waals surface area contributed by atoms with Gasteiger partial charge in [-0.3, -0.25) is 9.69 Å². The van der Waals surface area contributed by atoms with E-state index in [4.69, 9.17) is 4.42 Å². The average Bonchev–Trinajstić information content (AvgIpc) is 3.15. The van der Waals surface area contributed by atoms with E-state index < -0.39 is 17.4 Å². The van der Waals surface area contributed by atoms with Gasteiger partial charge in [0.05, 0.1) is 0 Å². The van der Waals surface area contributed by atoms with Gasteiger partial charge in [-0.2, -0.15) is 11.8 Å². The van der Waals surface area contributed by atoms with Gasteiger partial charge in [0.15, 0.2) is 5.58 Å². The van der Waals surface area contributed by atoms with Crippen LogP contribution in [0.1, 0.15) is 12.3 Å². The van der Waals surface area contributed by atoms with Gasteiger partial charge in [-0.15, -0.1) is 0 Å². The Morgan fingerprint density at radius 1 is 1.45 bits per heavy atom. The summed E-state index contributed by atoms with van der Waals surface area (Å²) in [5.41, 5.74) is 0.0163.